The van der Waals surface area contributed by atoms with Gasteiger partial charge >= 0.3 is 6.01 Å². The van der Waals surface area contributed by atoms with E-state index in [4.69, 9.17) is 10.6 Å². The predicted molar refractivity (Wildman–Crippen MR) is 65.3 cm³/mol. The Bertz CT molecular complexity index is 525. The molecule has 4 N–H and O–H groups in total. The van der Waals surface area contributed by atoms with Crippen LogP contribution < -0.4 is 21.3 Å². The third-order valence-corrected chi connectivity index (χ3v) is 1.98. The van der Waals surface area contributed by atoms with E-state index in [0.29, 0.717) is 12.6 Å². The monoisotopic (exact) mass is 250 g/mol. The molecule has 2 aromatic heterocycles. The number of nitrogens with zero attached hydrogens (tertiary/aromatic N) is 5. The standard InChI is InChI=1S/C9H14N8O/c1-3-18-9-14-7(13-8(15-9)16-10)12-6-4-11-17(2)5-6/h4-5H,3,10H2,1-2H3,(H2,12,13,14,15,16). The first kappa shape index (κ1) is 12.0. The molecule has 0 radical (unpaired) electrons. The average Bonchev–Trinajstić information content (AvgIpc) is 2.75. The van der Waals surface area contributed by atoms with Crippen LogP contribution in [0.15, 0.2) is 12.4 Å². The van der Waals surface area contributed by atoms with Crippen LogP contribution in [0.3, 0.4) is 0 Å². The van der Waals surface area contributed by atoms with Crippen LogP contribution in [0.4, 0.5) is 17.6 Å². The Morgan fingerprint density at radius 3 is 2.72 bits per heavy atom. The van der Waals surface area contributed by atoms with Gasteiger partial charge in [-0.05, 0) is 6.92 Å². The molecule has 18 heavy (non-hydrogen) atoms. The van der Waals surface area contributed by atoms with Crippen molar-refractivity contribution >= 4 is 17.6 Å². The summed E-state index contributed by atoms with van der Waals surface area (Å²) in [6.45, 7) is 2.30. The van der Waals surface area contributed by atoms with Gasteiger partial charge in [-0.2, -0.15) is 20.1 Å². The summed E-state index contributed by atoms with van der Waals surface area (Å²) in [5.41, 5.74) is 3.11. The minimum absolute atomic E-state index is 0.201. The summed E-state index contributed by atoms with van der Waals surface area (Å²) in [6, 6.07) is 0.201. The fourth-order valence-corrected chi connectivity index (χ4v) is 1.29. The molecule has 0 bridgehead atoms. The minimum Gasteiger partial charge on any atom is -0.464 e. The van der Waals surface area contributed by atoms with Gasteiger partial charge in [0, 0.05) is 13.2 Å². The lowest BCUT2D eigenvalue weighted by molar-refractivity contribution is 0.312. The topological polar surface area (TPSA) is 116 Å². The first-order chi connectivity index (χ1) is 8.71. The van der Waals surface area contributed by atoms with Gasteiger partial charge < -0.3 is 10.1 Å². The molecule has 9 heteroatoms. The van der Waals surface area contributed by atoms with Crippen molar-refractivity contribution in [2.45, 2.75) is 6.92 Å². The number of ether oxygens (including phenoxy) is 1. The molecule has 0 aliphatic carbocycles. The van der Waals surface area contributed by atoms with E-state index in [0.717, 1.165) is 5.69 Å². The minimum atomic E-state index is 0.201. The average molecular weight is 250 g/mol. The lowest BCUT2D eigenvalue weighted by Crippen LogP contribution is -2.13. The highest BCUT2D eigenvalue weighted by molar-refractivity contribution is 5.51. The quantitative estimate of drug-likeness (QED) is 0.503. The molecule has 0 spiro atoms. The largest absolute Gasteiger partial charge is 0.464 e. The van der Waals surface area contributed by atoms with Crippen molar-refractivity contribution in [3.63, 3.8) is 0 Å². The number of nitrogens with two attached hydrogens (primary N) is 1. The Labute approximate surface area is 103 Å². The number of aryl methyl sites for hydroxylation is 1. The molecule has 0 fully saturated rings. The van der Waals surface area contributed by atoms with Crippen molar-refractivity contribution in [1.82, 2.24) is 24.7 Å². The summed E-state index contributed by atoms with van der Waals surface area (Å²) in [6.07, 6.45) is 3.44. The Morgan fingerprint density at radius 1 is 1.33 bits per heavy atom. The van der Waals surface area contributed by atoms with E-state index in [1.165, 1.54) is 0 Å². The van der Waals surface area contributed by atoms with Gasteiger partial charge in [0.1, 0.15) is 0 Å². The predicted octanol–water partition coefficient (Wildman–Crippen LogP) is 0.0330. The van der Waals surface area contributed by atoms with Gasteiger partial charge in [0.2, 0.25) is 11.9 Å². The van der Waals surface area contributed by atoms with Gasteiger partial charge in [-0.3, -0.25) is 10.1 Å². The van der Waals surface area contributed by atoms with Gasteiger partial charge in [-0.25, -0.2) is 5.84 Å². The number of nitrogen functional groups attached to an aromatic ring is 1. The summed E-state index contributed by atoms with van der Waals surface area (Å²) in [5, 5.41) is 7.00. The number of nitrogens with one attached hydrogen (secondary N) is 2. The molecular formula is C9H14N8O. The second-order valence-corrected chi connectivity index (χ2v) is 3.37. The van der Waals surface area contributed by atoms with E-state index in [-0.39, 0.29) is 12.0 Å². The molecule has 2 heterocycles. The fourth-order valence-electron chi connectivity index (χ4n) is 1.29. The van der Waals surface area contributed by atoms with Crippen LogP contribution in [0.1, 0.15) is 6.92 Å². The van der Waals surface area contributed by atoms with Crippen LogP contribution >= 0.6 is 0 Å². The first-order valence-corrected chi connectivity index (χ1v) is 5.32. The Hall–Kier alpha value is -2.42. The van der Waals surface area contributed by atoms with E-state index >= 15 is 0 Å². The summed E-state index contributed by atoms with van der Waals surface area (Å²) >= 11 is 0. The van der Waals surface area contributed by atoms with Crippen LogP contribution in [0.5, 0.6) is 6.01 Å². The van der Waals surface area contributed by atoms with Gasteiger partial charge in [0.05, 0.1) is 18.5 Å². The number of hydrogen-bond acceptors (Lipinski definition) is 8. The van der Waals surface area contributed by atoms with E-state index in [1.807, 2.05) is 14.0 Å². The molecule has 0 amide bonds. The number of hydrogen-bond donors (Lipinski definition) is 3. The second kappa shape index (κ2) is 5.27. The van der Waals surface area contributed by atoms with E-state index in [1.54, 1.807) is 17.1 Å². The summed E-state index contributed by atoms with van der Waals surface area (Å²) in [5.74, 6) is 5.83. The third kappa shape index (κ3) is 2.83. The van der Waals surface area contributed by atoms with Crippen LogP contribution in [-0.2, 0) is 7.05 Å². The molecule has 9 nitrogen and oxygen atoms in total. The lowest BCUT2D eigenvalue weighted by atomic mass is 10.6. The highest BCUT2D eigenvalue weighted by Gasteiger charge is 2.07. The molecular weight excluding hydrogens is 236 g/mol. The SMILES string of the molecule is CCOc1nc(NN)nc(Nc2cnn(C)c2)n1. The summed E-state index contributed by atoms with van der Waals surface area (Å²) in [7, 11) is 1.82. The molecule has 2 aromatic rings. The molecule has 0 aliphatic heterocycles. The zero-order valence-electron chi connectivity index (χ0n) is 10.1. The summed E-state index contributed by atoms with van der Waals surface area (Å²) < 4.78 is 6.88. The molecule has 0 aromatic carbocycles. The molecule has 2 rings (SSSR count). The van der Waals surface area contributed by atoms with Crippen molar-refractivity contribution < 1.29 is 4.74 Å². The number of rotatable bonds is 5. The van der Waals surface area contributed by atoms with Gasteiger partial charge in [0.25, 0.3) is 0 Å². The number of hydrazine groups is 1. The van der Waals surface area contributed by atoms with Crippen molar-refractivity contribution in [3.05, 3.63) is 12.4 Å². The highest BCUT2D eigenvalue weighted by Crippen LogP contribution is 2.15. The molecule has 0 unspecified atom stereocenters. The Morgan fingerprint density at radius 2 is 2.11 bits per heavy atom. The van der Waals surface area contributed by atoms with Crippen LogP contribution in [-0.4, -0.2) is 31.3 Å². The second-order valence-electron chi connectivity index (χ2n) is 3.37. The Balaban J connectivity index is 2.23. The van der Waals surface area contributed by atoms with E-state index < -0.39 is 0 Å². The highest BCUT2D eigenvalue weighted by atomic mass is 16.5. The van der Waals surface area contributed by atoms with Gasteiger partial charge in [0.15, 0.2) is 0 Å². The van der Waals surface area contributed by atoms with Crippen LogP contribution in [0.2, 0.25) is 0 Å². The zero-order valence-corrected chi connectivity index (χ0v) is 10.1. The molecule has 0 saturated carbocycles. The number of aromatic nitrogens is 5. The van der Waals surface area contributed by atoms with E-state index in [9.17, 15) is 0 Å². The van der Waals surface area contributed by atoms with Crippen molar-refractivity contribution in [2.24, 2.45) is 12.9 Å². The first-order valence-electron chi connectivity index (χ1n) is 5.32. The van der Waals surface area contributed by atoms with Gasteiger partial charge in [-0.1, -0.05) is 0 Å². The zero-order chi connectivity index (χ0) is 13.0. The number of anilines is 3. The molecule has 0 atom stereocenters. The van der Waals surface area contributed by atoms with Crippen molar-refractivity contribution in [1.29, 1.82) is 0 Å². The van der Waals surface area contributed by atoms with Crippen LogP contribution in [0, 0.1) is 0 Å². The summed E-state index contributed by atoms with van der Waals surface area (Å²) in [4.78, 5) is 12.1. The van der Waals surface area contributed by atoms with E-state index in [2.05, 4.69) is 30.8 Å². The van der Waals surface area contributed by atoms with Crippen LogP contribution in [0.25, 0.3) is 0 Å². The van der Waals surface area contributed by atoms with Crippen molar-refractivity contribution in [2.75, 3.05) is 17.3 Å². The molecule has 0 aliphatic rings. The smallest absolute Gasteiger partial charge is 0.323 e. The maximum atomic E-state index is 5.28. The third-order valence-electron chi connectivity index (χ3n) is 1.98. The maximum Gasteiger partial charge on any atom is 0.323 e. The lowest BCUT2D eigenvalue weighted by Gasteiger charge is -2.06. The molecule has 0 saturated heterocycles. The fraction of sp³-hybridized carbons (Fsp3) is 0.333. The molecule has 96 valence electrons. The van der Waals surface area contributed by atoms with Gasteiger partial charge in [-0.15, -0.1) is 0 Å². The van der Waals surface area contributed by atoms with Crippen molar-refractivity contribution in [3.8, 4) is 6.01 Å². The normalized spacial score (nSPS) is 10.2. The Kier molecular flexibility index (Phi) is 3.53. The maximum absolute atomic E-state index is 5.28.